The number of rotatable bonds is 3. The fraction of sp³-hybridized carbons (Fsp3) is 0.333. The maximum Gasteiger partial charge on any atom is 0.501 e. The van der Waals surface area contributed by atoms with Gasteiger partial charge in [-0.15, -0.1) is 0 Å². The molecule has 146 valence electrons. The molecule has 27 heavy (non-hydrogen) atoms. The van der Waals surface area contributed by atoms with Crippen LogP contribution in [0, 0.1) is 0 Å². The molecule has 1 aliphatic heterocycles. The lowest BCUT2D eigenvalue weighted by Crippen LogP contribution is -2.52. The normalized spacial score (nSPS) is 14.9. The fourth-order valence-electron chi connectivity index (χ4n) is 2.82. The summed E-state index contributed by atoms with van der Waals surface area (Å²) in [5.74, 6) is 0. The second-order valence-electron chi connectivity index (χ2n) is 6.87. The summed E-state index contributed by atoms with van der Waals surface area (Å²) in [5.41, 5.74) is -4.71. The zero-order valence-electron chi connectivity index (χ0n) is 15.2. The molecule has 0 fully saturated rings. The first-order chi connectivity index (χ1) is 12.4. The number of fused-ring (bicyclic) bond motifs is 2. The van der Waals surface area contributed by atoms with E-state index in [-0.39, 0.29) is 0 Å². The Morgan fingerprint density at radius 1 is 0.963 bits per heavy atom. The molecule has 1 heterocycles. The van der Waals surface area contributed by atoms with Crippen molar-refractivity contribution in [2.45, 2.75) is 39.7 Å². The lowest BCUT2D eigenvalue weighted by atomic mass is 10.1. The van der Waals surface area contributed by atoms with E-state index in [0.717, 1.165) is 22.7 Å². The summed E-state index contributed by atoms with van der Waals surface area (Å²) >= 11 is 1.40. The maximum atomic E-state index is 13.0. The first kappa shape index (κ1) is 20.0. The highest BCUT2D eigenvalue weighted by Gasteiger charge is 2.47. The third-order valence-electron chi connectivity index (χ3n) is 4.75. The van der Waals surface area contributed by atoms with Crippen LogP contribution in [0.25, 0.3) is 0 Å². The Bertz CT molecular complexity index is 986. The molecule has 0 aliphatic carbocycles. The molecule has 0 spiro atoms. The van der Waals surface area contributed by atoms with Gasteiger partial charge in [-0.05, 0) is 58.3 Å². The number of nitrogens with zero attached hydrogens (tertiary/aromatic N) is 2. The quantitative estimate of drug-likeness (QED) is 0.713. The Kier molecular flexibility index (Phi) is 4.77. The topological polar surface area (TPSA) is 40.6 Å². The highest BCUT2D eigenvalue weighted by molar-refractivity contribution is 7.99. The molecular weight excluding hydrogens is 397 g/mol. The molecule has 2 aromatic rings. The van der Waals surface area contributed by atoms with Crippen molar-refractivity contribution in [3.05, 3.63) is 42.5 Å². The molecule has 0 radical (unpaired) electrons. The fourth-order valence-corrected chi connectivity index (χ4v) is 4.64. The van der Waals surface area contributed by atoms with Gasteiger partial charge in [-0.2, -0.15) is 13.2 Å². The predicted octanol–water partition coefficient (Wildman–Crippen LogP) is 4.88. The number of hydrogen-bond donors (Lipinski definition) is 0. The number of halogens is 3. The SMILES string of the molecule is CN(C)C(C)(C)N1c2ccccc2Sc2ccc(S(=O)(=O)C(F)(F)F)cc21. The summed E-state index contributed by atoms with van der Waals surface area (Å²) < 4.78 is 62.9. The molecule has 0 bridgehead atoms. The van der Waals surface area contributed by atoms with Crippen molar-refractivity contribution in [3.63, 3.8) is 0 Å². The lowest BCUT2D eigenvalue weighted by molar-refractivity contribution is -0.0436. The number of sulfone groups is 1. The molecule has 1 aliphatic rings. The van der Waals surface area contributed by atoms with E-state index in [1.807, 2.05) is 62.0 Å². The molecular formula is C18H19F3N2O2S2. The van der Waals surface area contributed by atoms with Gasteiger partial charge in [0.05, 0.1) is 21.9 Å². The Morgan fingerprint density at radius 3 is 2.15 bits per heavy atom. The smallest absolute Gasteiger partial charge is 0.321 e. The van der Waals surface area contributed by atoms with E-state index >= 15 is 0 Å². The van der Waals surface area contributed by atoms with E-state index in [2.05, 4.69) is 0 Å². The van der Waals surface area contributed by atoms with E-state index in [9.17, 15) is 21.6 Å². The molecule has 3 rings (SSSR count). The van der Waals surface area contributed by atoms with E-state index in [4.69, 9.17) is 0 Å². The van der Waals surface area contributed by atoms with Gasteiger partial charge in [0.25, 0.3) is 9.84 Å². The van der Waals surface area contributed by atoms with E-state index in [1.165, 1.54) is 17.8 Å². The van der Waals surface area contributed by atoms with Crippen molar-refractivity contribution in [1.29, 1.82) is 0 Å². The Hall–Kier alpha value is -1.71. The minimum absolute atomic E-state index is 0.433. The number of alkyl halides is 3. The summed E-state index contributed by atoms with van der Waals surface area (Å²) in [6, 6.07) is 11.1. The summed E-state index contributed by atoms with van der Waals surface area (Å²) in [5, 5.41) is 0. The van der Waals surface area contributed by atoms with Crippen LogP contribution in [0.1, 0.15) is 13.8 Å². The highest BCUT2D eigenvalue weighted by atomic mass is 32.2. The van der Waals surface area contributed by atoms with Gasteiger partial charge < -0.3 is 4.90 Å². The number of hydrogen-bond acceptors (Lipinski definition) is 5. The molecule has 9 heteroatoms. The molecule has 0 saturated carbocycles. The lowest BCUT2D eigenvalue weighted by Gasteiger charge is -2.47. The van der Waals surface area contributed by atoms with Gasteiger partial charge in [0, 0.05) is 9.79 Å². The van der Waals surface area contributed by atoms with Gasteiger partial charge >= 0.3 is 5.51 Å². The average Bonchev–Trinajstić information content (AvgIpc) is 2.57. The maximum absolute atomic E-state index is 13.0. The summed E-state index contributed by atoms with van der Waals surface area (Å²) in [4.78, 5) is 4.70. The summed E-state index contributed by atoms with van der Waals surface area (Å²) in [6.07, 6.45) is 0. The third kappa shape index (κ3) is 3.21. The zero-order chi connectivity index (χ0) is 20.2. The molecule has 4 nitrogen and oxygen atoms in total. The van der Waals surface area contributed by atoms with Crippen molar-refractivity contribution in [2.75, 3.05) is 19.0 Å². The Labute approximate surface area is 160 Å². The van der Waals surface area contributed by atoms with Crippen molar-refractivity contribution in [1.82, 2.24) is 4.90 Å². The van der Waals surface area contributed by atoms with E-state index in [0.29, 0.717) is 10.6 Å². The van der Waals surface area contributed by atoms with Crippen molar-refractivity contribution >= 4 is 33.0 Å². The minimum Gasteiger partial charge on any atom is -0.321 e. The van der Waals surface area contributed by atoms with Crippen LogP contribution in [-0.4, -0.2) is 38.6 Å². The summed E-state index contributed by atoms with van der Waals surface area (Å²) in [7, 11) is -1.70. The molecule has 0 amide bonds. The number of para-hydroxylation sites is 1. The molecule has 0 unspecified atom stereocenters. The van der Waals surface area contributed by atoms with E-state index < -0.39 is 25.9 Å². The van der Waals surface area contributed by atoms with Gasteiger partial charge in [0.15, 0.2) is 0 Å². The monoisotopic (exact) mass is 416 g/mol. The highest BCUT2D eigenvalue weighted by Crippen LogP contribution is 2.52. The largest absolute Gasteiger partial charge is 0.501 e. The number of anilines is 2. The van der Waals surface area contributed by atoms with Crippen LogP contribution >= 0.6 is 11.8 Å². The standard InChI is InChI=1S/C18H19F3N2O2S2/c1-17(2,22(3)4)23-13-7-5-6-8-15(13)26-16-10-9-12(11-14(16)23)27(24,25)18(19,20)21/h5-11H,1-4H3. The first-order valence-electron chi connectivity index (χ1n) is 8.07. The van der Waals surface area contributed by atoms with Gasteiger partial charge in [0.1, 0.15) is 0 Å². The van der Waals surface area contributed by atoms with Crippen LogP contribution in [0.5, 0.6) is 0 Å². The second kappa shape index (κ2) is 6.42. The Balaban J connectivity index is 2.26. The van der Waals surface area contributed by atoms with Crippen molar-refractivity contribution in [3.8, 4) is 0 Å². The Morgan fingerprint density at radius 2 is 1.56 bits per heavy atom. The molecule has 0 aromatic heterocycles. The molecule has 0 atom stereocenters. The average molecular weight is 416 g/mol. The van der Waals surface area contributed by atoms with Crippen molar-refractivity contribution < 1.29 is 21.6 Å². The second-order valence-corrected chi connectivity index (χ2v) is 9.90. The zero-order valence-corrected chi connectivity index (χ0v) is 16.8. The van der Waals surface area contributed by atoms with Gasteiger partial charge in [-0.3, -0.25) is 4.90 Å². The van der Waals surface area contributed by atoms with Crippen LogP contribution in [0.4, 0.5) is 24.5 Å². The van der Waals surface area contributed by atoms with Crippen LogP contribution < -0.4 is 4.90 Å². The predicted molar refractivity (Wildman–Crippen MR) is 100 cm³/mol. The molecule has 0 saturated heterocycles. The van der Waals surface area contributed by atoms with Crippen LogP contribution in [0.2, 0.25) is 0 Å². The van der Waals surface area contributed by atoms with Crippen molar-refractivity contribution in [2.24, 2.45) is 0 Å². The first-order valence-corrected chi connectivity index (χ1v) is 10.4. The van der Waals surface area contributed by atoms with Crippen LogP contribution in [0.3, 0.4) is 0 Å². The number of benzene rings is 2. The molecule has 2 aromatic carbocycles. The summed E-state index contributed by atoms with van der Waals surface area (Å²) in [6.45, 7) is 3.85. The third-order valence-corrected chi connectivity index (χ3v) is 7.37. The van der Waals surface area contributed by atoms with E-state index in [1.54, 1.807) is 0 Å². The van der Waals surface area contributed by atoms with Gasteiger partial charge in [0.2, 0.25) is 0 Å². The molecule has 0 N–H and O–H groups in total. The van der Waals surface area contributed by atoms with Crippen LogP contribution in [0.15, 0.2) is 57.2 Å². The van der Waals surface area contributed by atoms with Gasteiger partial charge in [-0.25, -0.2) is 8.42 Å². The minimum atomic E-state index is -5.43. The van der Waals surface area contributed by atoms with Crippen LogP contribution in [-0.2, 0) is 9.84 Å². The van der Waals surface area contributed by atoms with Gasteiger partial charge in [-0.1, -0.05) is 23.9 Å².